The molecule has 2 atom stereocenters. The summed E-state index contributed by atoms with van der Waals surface area (Å²) in [5.41, 5.74) is 1.83. The molecule has 1 amide bonds. The summed E-state index contributed by atoms with van der Waals surface area (Å²) in [7, 11) is 0. The number of rotatable bonds is 5. The van der Waals surface area contributed by atoms with Gasteiger partial charge >= 0.3 is 5.97 Å². The Morgan fingerprint density at radius 2 is 2.22 bits per heavy atom. The van der Waals surface area contributed by atoms with Gasteiger partial charge in [-0.3, -0.25) is 9.59 Å². The molecular formula is C14H17NO3. The summed E-state index contributed by atoms with van der Waals surface area (Å²) in [6, 6.07) is 7.69. The first-order chi connectivity index (χ1) is 8.54. The number of nitrogens with zero attached hydrogens (tertiary/aromatic N) is 1. The molecule has 1 aromatic carbocycles. The van der Waals surface area contributed by atoms with Gasteiger partial charge in [-0.1, -0.05) is 12.1 Å². The lowest BCUT2D eigenvalue weighted by Gasteiger charge is -2.22. The summed E-state index contributed by atoms with van der Waals surface area (Å²) in [5.74, 6) is -0.895. The monoisotopic (exact) mass is 247 g/mol. The second-order valence-corrected chi connectivity index (χ2v) is 4.99. The lowest BCUT2D eigenvalue weighted by Crippen LogP contribution is -2.28. The highest BCUT2D eigenvalue weighted by molar-refractivity contribution is 5.78. The maximum absolute atomic E-state index is 11.0. The first-order valence-electron chi connectivity index (χ1n) is 6.11. The smallest absolute Gasteiger partial charge is 0.307 e. The number of aliphatic carboxylic acids is 1. The second kappa shape index (κ2) is 4.80. The fraction of sp³-hybridized carbons (Fsp3) is 0.429. The van der Waals surface area contributed by atoms with Gasteiger partial charge in [-0.2, -0.15) is 0 Å². The average molecular weight is 247 g/mol. The minimum absolute atomic E-state index is 0.0900. The second-order valence-electron chi connectivity index (χ2n) is 4.99. The minimum Gasteiger partial charge on any atom is -0.481 e. The van der Waals surface area contributed by atoms with Gasteiger partial charge in [0.05, 0.1) is 5.92 Å². The Balaban J connectivity index is 2.21. The van der Waals surface area contributed by atoms with Gasteiger partial charge in [-0.25, -0.2) is 0 Å². The van der Waals surface area contributed by atoms with E-state index in [1.54, 1.807) is 4.90 Å². The van der Waals surface area contributed by atoms with Crippen LogP contribution in [0.25, 0.3) is 0 Å². The molecule has 1 saturated carbocycles. The number of amides is 1. The zero-order chi connectivity index (χ0) is 13.3. The summed E-state index contributed by atoms with van der Waals surface area (Å²) < 4.78 is 0. The van der Waals surface area contributed by atoms with Crippen LogP contribution in [0.15, 0.2) is 24.3 Å². The number of anilines is 1. The van der Waals surface area contributed by atoms with Gasteiger partial charge in [0.15, 0.2) is 0 Å². The highest BCUT2D eigenvalue weighted by Crippen LogP contribution is 2.48. The molecule has 4 heteroatoms. The van der Waals surface area contributed by atoms with Gasteiger partial charge < -0.3 is 10.0 Å². The first-order valence-corrected chi connectivity index (χ1v) is 6.11. The van der Waals surface area contributed by atoms with E-state index in [0.717, 1.165) is 17.7 Å². The van der Waals surface area contributed by atoms with Crippen molar-refractivity contribution in [2.24, 2.45) is 5.92 Å². The summed E-state index contributed by atoms with van der Waals surface area (Å²) >= 11 is 0. The molecule has 4 nitrogen and oxygen atoms in total. The highest BCUT2D eigenvalue weighted by atomic mass is 16.4. The van der Waals surface area contributed by atoms with Crippen molar-refractivity contribution in [1.82, 2.24) is 0 Å². The standard InChI is InChI=1S/C14H17NO3/c1-9(2)15(8-16)11-5-3-4-10(6-11)12-7-13(12)14(17)18/h3-6,8-9,12-13H,7H2,1-2H3,(H,17,18). The van der Waals surface area contributed by atoms with E-state index < -0.39 is 5.97 Å². The van der Waals surface area contributed by atoms with Gasteiger partial charge in [0.2, 0.25) is 6.41 Å². The zero-order valence-electron chi connectivity index (χ0n) is 10.5. The van der Waals surface area contributed by atoms with Crippen LogP contribution >= 0.6 is 0 Å². The van der Waals surface area contributed by atoms with Gasteiger partial charge in [0.1, 0.15) is 0 Å². The van der Waals surface area contributed by atoms with E-state index in [2.05, 4.69) is 0 Å². The van der Waals surface area contributed by atoms with E-state index in [9.17, 15) is 9.59 Å². The van der Waals surface area contributed by atoms with Crippen molar-refractivity contribution in [1.29, 1.82) is 0 Å². The van der Waals surface area contributed by atoms with E-state index in [-0.39, 0.29) is 17.9 Å². The molecule has 1 N–H and O–H groups in total. The van der Waals surface area contributed by atoms with Crippen LogP contribution in [-0.2, 0) is 9.59 Å². The molecule has 1 aliphatic rings. The molecule has 1 aromatic rings. The SMILES string of the molecule is CC(C)N(C=O)c1cccc(C2CC2C(=O)O)c1. The van der Waals surface area contributed by atoms with Gasteiger partial charge in [0.25, 0.3) is 0 Å². The molecule has 2 rings (SSSR count). The van der Waals surface area contributed by atoms with Crippen molar-refractivity contribution in [2.45, 2.75) is 32.2 Å². The number of carboxylic acids is 1. The van der Waals surface area contributed by atoms with E-state index >= 15 is 0 Å². The van der Waals surface area contributed by atoms with Crippen LogP contribution in [-0.4, -0.2) is 23.5 Å². The largest absolute Gasteiger partial charge is 0.481 e. The molecule has 18 heavy (non-hydrogen) atoms. The third-order valence-corrected chi connectivity index (χ3v) is 3.37. The van der Waals surface area contributed by atoms with E-state index in [0.29, 0.717) is 6.42 Å². The number of hydrogen-bond donors (Lipinski definition) is 1. The number of hydrogen-bond acceptors (Lipinski definition) is 2. The fourth-order valence-electron chi connectivity index (χ4n) is 2.23. The van der Waals surface area contributed by atoms with E-state index in [1.165, 1.54) is 0 Å². The molecule has 0 aliphatic heterocycles. The van der Waals surface area contributed by atoms with Crippen LogP contribution < -0.4 is 4.90 Å². The lowest BCUT2D eigenvalue weighted by molar-refractivity contribution is -0.138. The van der Waals surface area contributed by atoms with Crippen LogP contribution in [0.2, 0.25) is 0 Å². The predicted molar refractivity (Wildman–Crippen MR) is 68.6 cm³/mol. The Labute approximate surface area is 106 Å². The highest BCUT2D eigenvalue weighted by Gasteiger charge is 2.44. The molecule has 2 unspecified atom stereocenters. The molecule has 0 saturated heterocycles. The summed E-state index contributed by atoms with van der Waals surface area (Å²) in [6.45, 7) is 3.89. The number of benzene rings is 1. The van der Waals surface area contributed by atoms with Crippen molar-refractivity contribution in [3.05, 3.63) is 29.8 Å². The molecule has 1 fully saturated rings. The lowest BCUT2D eigenvalue weighted by atomic mass is 10.1. The Morgan fingerprint density at radius 3 is 2.72 bits per heavy atom. The van der Waals surface area contributed by atoms with Gasteiger partial charge in [-0.15, -0.1) is 0 Å². The zero-order valence-corrected chi connectivity index (χ0v) is 10.5. The molecule has 0 heterocycles. The van der Waals surface area contributed by atoms with E-state index in [4.69, 9.17) is 5.11 Å². The number of carboxylic acid groups (broad SMARTS) is 1. The van der Waals surface area contributed by atoms with Crippen LogP contribution in [0.4, 0.5) is 5.69 Å². The maximum Gasteiger partial charge on any atom is 0.307 e. The minimum atomic E-state index is -0.735. The van der Waals surface area contributed by atoms with Crippen LogP contribution in [0.5, 0.6) is 0 Å². The van der Waals surface area contributed by atoms with Crippen LogP contribution in [0.3, 0.4) is 0 Å². The Morgan fingerprint density at radius 1 is 1.50 bits per heavy atom. The molecule has 1 aliphatic carbocycles. The normalized spacial score (nSPS) is 21.7. The maximum atomic E-state index is 11.0. The third-order valence-electron chi connectivity index (χ3n) is 3.37. The molecule has 0 radical (unpaired) electrons. The third kappa shape index (κ3) is 2.37. The summed E-state index contributed by atoms with van der Waals surface area (Å²) in [4.78, 5) is 23.6. The molecular weight excluding hydrogens is 230 g/mol. The number of carbonyl (C=O) groups excluding carboxylic acids is 1. The average Bonchev–Trinajstić information content (AvgIpc) is 3.09. The predicted octanol–water partition coefficient (Wildman–Crippen LogP) is 2.25. The first kappa shape index (κ1) is 12.6. The van der Waals surface area contributed by atoms with Gasteiger partial charge in [0, 0.05) is 11.7 Å². The fourth-order valence-corrected chi connectivity index (χ4v) is 2.23. The van der Waals surface area contributed by atoms with Crippen molar-refractivity contribution in [2.75, 3.05) is 4.90 Å². The quantitative estimate of drug-likeness (QED) is 0.812. The van der Waals surface area contributed by atoms with Crippen LogP contribution in [0.1, 0.15) is 31.7 Å². The Bertz CT molecular complexity index is 470. The summed E-state index contributed by atoms with van der Waals surface area (Å²) in [5, 5.41) is 8.93. The van der Waals surface area contributed by atoms with Crippen molar-refractivity contribution >= 4 is 18.1 Å². The molecule has 0 aromatic heterocycles. The van der Waals surface area contributed by atoms with E-state index in [1.807, 2.05) is 38.1 Å². The number of carbonyl (C=O) groups is 2. The molecule has 0 spiro atoms. The molecule has 0 bridgehead atoms. The Kier molecular flexibility index (Phi) is 3.36. The van der Waals surface area contributed by atoms with Crippen molar-refractivity contribution < 1.29 is 14.7 Å². The Hall–Kier alpha value is -1.84. The molecule has 96 valence electrons. The topological polar surface area (TPSA) is 57.6 Å². The van der Waals surface area contributed by atoms with Crippen molar-refractivity contribution in [3.63, 3.8) is 0 Å². The van der Waals surface area contributed by atoms with Gasteiger partial charge in [-0.05, 0) is 43.9 Å². The van der Waals surface area contributed by atoms with Crippen molar-refractivity contribution in [3.8, 4) is 0 Å². The van der Waals surface area contributed by atoms with Crippen LogP contribution in [0, 0.1) is 5.92 Å². The summed E-state index contributed by atoms with van der Waals surface area (Å²) in [6.07, 6.45) is 1.51.